The highest BCUT2D eigenvalue weighted by Crippen LogP contribution is 2.37. The molecule has 2 aromatic heterocycles. The fourth-order valence-corrected chi connectivity index (χ4v) is 3.25. The van der Waals surface area contributed by atoms with Gasteiger partial charge >= 0.3 is 6.08 Å². The second-order valence-corrected chi connectivity index (χ2v) is 6.62. The van der Waals surface area contributed by atoms with Gasteiger partial charge in [0.15, 0.2) is 11.1 Å². The Morgan fingerprint density at radius 1 is 1.08 bits per heavy atom. The van der Waals surface area contributed by atoms with Gasteiger partial charge in [-0.15, -0.1) is 11.3 Å². The molecule has 5 nitrogen and oxygen atoms in total. The molecule has 2 aromatic carbocycles. The van der Waals surface area contributed by atoms with Gasteiger partial charge in [-0.1, -0.05) is 37.3 Å². The SMILES string of the molecule is CCCOc1nc2c(OCc3ccccc3)ccc(-c3nccs3)c2o1. The van der Waals surface area contributed by atoms with E-state index in [1.165, 1.54) is 0 Å². The van der Waals surface area contributed by atoms with Crippen molar-refractivity contribution in [3.8, 4) is 22.4 Å². The number of fused-ring (bicyclic) bond motifs is 1. The fourth-order valence-electron chi connectivity index (χ4n) is 2.59. The molecule has 0 saturated heterocycles. The summed E-state index contributed by atoms with van der Waals surface area (Å²) >= 11 is 1.55. The highest BCUT2D eigenvalue weighted by atomic mass is 32.1. The van der Waals surface area contributed by atoms with Crippen molar-refractivity contribution in [3.05, 3.63) is 59.6 Å². The number of hydrogen-bond acceptors (Lipinski definition) is 6. The van der Waals surface area contributed by atoms with Crippen LogP contribution >= 0.6 is 11.3 Å². The van der Waals surface area contributed by atoms with Crippen LogP contribution in [0.5, 0.6) is 11.8 Å². The van der Waals surface area contributed by atoms with Gasteiger partial charge in [-0.25, -0.2) is 4.98 Å². The molecule has 0 spiro atoms. The van der Waals surface area contributed by atoms with Crippen LogP contribution in [0.2, 0.25) is 0 Å². The molecule has 4 aromatic rings. The lowest BCUT2D eigenvalue weighted by molar-refractivity contribution is 0.237. The van der Waals surface area contributed by atoms with E-state index in [0.717, 1.165) is 22.6 Å². The van der Waals surface area contributed by atoms with Crippen molar-refractivity contribution in [2.45, 2.75) is 20.0 Å². The molecule has 0 unspecified atom stereocenters. The van der Waals surface area contributed by atoms with Crippen molar-refractivity contribution in [1.29, 1.82) is 0 Å². The zero-order chi connectivity index (χ0) is 17.8. The van der Waals surface area contributed by atoms with Crippen molar-refractivity contribution >= 4 is 22.4 Å². The number of oxazole rings is 1. The largest absolute Gasteiger partial charge is 0.486 e. The molecule has 0 atom stereocenters. The average Bonchev–Trinajstić information content (AvgIpc) is 3.35. The normalized spacial score (nSPS) is 11.0. The van der Waals surface area contributed by atoms with Crippen LogP contribution < -0.4 is 9.47 Å². The zero-order valence-corrected chi connectivity index (χ0v) is 15.2. The molecule has 26 heavy (non-hydrogen) atoms. The van der Waals surface area contributed by atoms with Crippen LogP contribution in [0.1, 0.15) is 18.9 Å². The first-order valence-electron chi connectivity index (χ1n) is 8.48. The summed E-state index contributed by atoms with van der Waals surface area (Å²) in [5, 5.41) is 2.81. The monoisotopic (exact) mass is 366 g/mol. The van der Waals surface area contributed by atoms with Gasteiger partial charge in [0, 0.05) is 11.6 Å². The van der Waals surface area contributed by atoms with Crippen LogP contribution in [0.15, 0.2) is 58.5 Å². The molecular weight excluding hydrogens is 348 g/mol. The van der Waals surface area contributed by atoms with E-state index in [0.29, 0.717) is 30.1 Å². The van der Waals surface area contributed by atoms with Crippen LogP contribution in [0.3, 0.4) is 0 Å². The van der Waals surface area contributed by atoms with Crippen LogP contribution in [0.4, 0.5) is 0 Å². The van der Waals surface area contributed by atoms with Gasteiger partial charge < -0.3 is 13.9 Å². The first kappa shape index (κ1) is 16.6. The number of ether oxygens (including phenoxy) is 2. The Morgan fingerprint density at radius 2 is 1.96 bits per heavy atom. The van der Waals surface area contributed by atoms with Crippen LogP contribution in [0.25, 0.3) is 21.7 Å². The quantitative estimate of drug-likeness (QED) is 0.443. The van der Waals surface area contributed by atoms with Crippen molar-refractivity contribution < 1.29 is 13.9 Å². The minimum atomic E-state index is 0.260. The molecule has 4 rings (SSSR count). The summed E-state index contributed by atoms with van der Waals surface area (Å²) in [5.74, 6) is 0.666. The second kappa shape index (κ2) is 7.58. The van der Waals surface area contributed by atoms with Gasteiger partial charge in [0.25, 0.3) is 0 Å². The molecule has 0 bridgehead atoms. The van der Waals surface area contributed by atoms with Gasteiger partial charge in [-0.05, 0) is 24.1 Å². The van der Waals surface area contributed by atoms with Gasteiger partial charge in [-0.2, -0.15) is 4.98 Å². The highest BCUT2D eigenvalue weighted by molar-refractivity contribution is 7.13. The number of aromatic nitrogens is 2. The molecule has 0 amide bonds. The van der Waals surface area contributed by atoms with Crippen molar-refractivity contribution in [1.82, 2.24) is 9.97 Å². The predicted octanol–water partition coefficient (Wildman–Crippen LogP) is 5.32. The lowest BCUT2D eigenvalue weighted by Gasteiger charge is -2.07. The molecule has 0 aliphatic rings. The zero-order valence-electron chi connectivity index (χ0n) is 14.3. The molecular formula is C20H18N2O3S. The third kappa shape index (κ3) is 3.41. The summed E-state index contributed by atoms with van der Waals surface area (Å²) in [6.45, 7) is 3.06. The Labute approximate surface area is 155 Å². The van der Waals surface area contributed by atoms with E-state index < -0.39 is 0 Å². The molecule has 0 fully saturated rings. The summed E-state index contributed by atoms with van der Waals surface area (Å²) < 4.78 is 17.5. The van der Waals surface area contributed by atoms with E-state index in [4.69, 9.17) is 13.9 Å². The minimum absolute atomic E-state index is 0.260. The van der Waals surface area contributed by atoms with E-state index >= 15 is 0 Å². The van der Waals surface area contributed by atoms with E-state index in [9.17, 15) is 0 Å². The summed E-state index contributed by atoms with van der Waals surface area (Å²) in [6, 6.07) is 13.9. The Kier molecular flexibility index (Phi) is 4.84. The van der Waals surface area contributed by atoms with Gasteiger partial charge in [0.2, 0.25) is 0 Å². The first-order valence-corrected chi connectivity index (χ1v) is 9.36. The molecule has 6 heteroatoms. The van der Waals surface area contributed by atoms with Gasteiger partial charge in [0.05, 0.1) is 12.2 Å². The third-order valence-electron chi connectivity index (χ3n) is 3.82. The lowest BCUT2D eigenvalue weighted by atomic mass is 10.2. The maximum absolute atomic E-state index is 6.00. The van der Waals surface area contributed by atoms with Crippen molar-refractivity contribution in [3.63, 3.8) is 0 Å². The number of thiazole rings is 1. The summed E-state index contributed by atoms with van der Waals surface area (Å²) in [6.07, 6.45) is 2.92. The summed E-state index contributed by atoms with van der Waals surface area (Å²) in [7, 11) is 0. The molecule has 0 aliphatic heterocycles. The predicted molar refractivity (Wildman–Crippen MR) is 102 cm³/mol. The van der Waals surface area contributed by atoms with Crippen LogP contribution in [-0.4, -0.2) is 16.6 Å². The first-order chi connectivity index (χ1) is 12.8. The number of nitrogens with zero attached hydrogens (tertiary/aromatic N) is 2. The van der Waals surface area contributed by atoms with Gasteiger partial charge in [-0.3, -0.25) is 0 Å². The average molecular weight is 366 g/mol. The number of rotatable bonds is 7. The highest BCUT2D eigenvalue weighted by Gasteiger charge is 2.18. The van der Waals surface area contributed by atoms with E-state index in [1.807, 2.05) is 54.8 Å². The maximum atomic E-state index is 6.00. The summed E-state index contributed by atoms with van der Waals surface area (Å²) in [5.41, 5.74) is 3.27. The summed E-state index contributed by atoms with van der Waals surface area (Å²) in [4.78, 5) is 8.88. The fraction of sp³-hybridized carbons (Fsp3) is 0.200. The second-order valence-electron chi connectivity index (χ2n) is 5.73. The number of hydrogen-bond donors (Lipinski definition) is 0. The topological polar surface area (TPSA) is 57.4 Å². The van der Waals surface area contributed by atoms with Crippen molar-refractivity contribution in [2.24, 2.45) is 0 Å². The lowest BCUT2D eigenvalue weighted by Crippen LogP contribution is -1.96. The Morgan fingerprint density at radius 3 is 2.73 bits per heavy atom. The number of benzene rings is 2. The van der Waals surface area contributed by atoms with E-state index in [2.05, 4.69) is 9.97 Å². The standard InChI is InChI=1S/C20H18N2O3S/c1-2-11-23-20-22-17-16(24-13-14-6-4-3-5-7-14)9-8-15(18(17)25-20)19-21-10-12-26-19/h3-10,12H,2,11,13H2,1H3. The molecule has 132 valence electrons. The molecule has 2 heterocycles. The van der Waals surface area contributed by atoms with Crippen molar-refractivity contribution in [2.75, 3.05) is 6.61 Å². The van der Waals surface area contributed by atoms with Crippen LogP contribution in [-0.2, 0) is 6.61 Å². The smallest absolute Gasteiger partial charge is 0.394 e. The minimum Gasteiger partial charge on any atom is -0.486 e. The Hall–Kier alpha value is -2.86. The molecule has 0 aliphatic carbocycles. The molecule has 0 saturated carbocycles. The Balaban J connectivity index is 1.71. The van der Waals surface area contributed by atoms with E-state index in [-0.39, 0.29) is 6.08 Å². The third-order valence-corrected chi connectivity index (χ3v) is 4.62. The van der Waals surface area contributed by atoms with Crippen LogP contribution in [0, 0.1) is 0 Å². The molecule has 0 radical (unpaired) electrons. The molecule has 0 N–H and O–H groups in total. The van der Waals surface area contributed by atoms with E-state index in [1.54, 1.807) is 17.5 Å². The Bertz CT molecular complexity index is 981. The van der Waals surface area contributed by atoms with Gasteiger partial charge in [0.1, 0.15) is 17.4 Å². The maximum Gasteiger partial charge on any atom is 0.394 e.